The zero-order chi connectivity index (χ0) is 14.6. The van der Waals surface area contributed by atoms with E-state index in [9.17, 15) is 18.0 Å². The number of amides is 1. The standard InChI is InChI=1S/C12H16F3NO2S/c1-8(2)16(7-12(13,14)15)11(17)6-19-10-4-5-18-9(10)3/h4-5,8H,6-7H2,1-3H3. The second-order valence-electron chi connectivity index (χ2n) is 4.36. The Morgan fingerprint density at radius 1 is 1.47 bits per heavy atom. The fourth-order valence-electron chi connectivity index (χ4n) is 1.50. The summed E-state index contributed by atoms with van der Waals surface area (Å²) in [7, 11) is 0. The highest BCUT2D eigenvalue weighted by molar-refractivity contribution is 8.00. The predicted molar refractivity (Wildman–Crippen MR) is 67.1 cm³/mol. The molecule has 0 bridgehead atoms. The van der Waals surface area contributed by atoms with E-state index in [0.29, 0.717) is 5.76 Å². The zero-order valence-electron chi connectivity index (χ0n) is 11.0. The third-order valence-electron chi connectivity index (χ3n) is 2.46. The predicted octanol–water partition coefficient (Wildman–Crippen LogP) is 3.48. The van der Waals surface area contributed by atoms with Crippen molar-refractivity contribution in [2.24, 2.45) is 0 Å². The third kappa shape index (κ3) is 5.18. The van der Waals surface area contributed by atoms with Gasteiger partial charge in [0.25, 0.3) is 0 Å². The molecule has 0 aromatic carbocycles. The molecule has 0 saturated heterocycles. The van der Waals surface area contributed by atoms with Crippen LogP contribution in [0.5, 0.6) is 0 Å². The maximum atomic E-state index is 12.4. The van der Waals surface area contributed by atoms with Crippen molar-refractivity contribution in [1.29, 1.82) is 0 Å². The van der Waals surface area contributed by atoms with Crippen LogP contribution in [0.15, 0.2) is 21.6 Å². The molecule has 7 heteroatoms. The van der Waals surface area contributed by atoms with Crippen LogP contribution in [-0.4, -0.2) is 35.3 Å². The van der Waals surface area contributed by atoms with E-state index >= 15 is 0 Å². The van der Waals surface area contributed by atoms with Crippen molar-refractivity contribution in [2.75, 3.05) is 12.3 Å². The van der Waals surface area contributed by atoms with E-state index in [-0.39, 0.29) is 5.75 Å². The van der Waals surface area contributed by atoms with Gasteiger partial charge in [0, 0.05) is 10.9 Å². The lowest BCUT2D eigenvalue weighted by atomic mass is 10.3. The van der Waals surface area contributed by atoms with Gasteiger partial charge >= 0.3 is 6.18 Å². The van der Waals surface area contributed by atoms with Gasteiger partial charge in [-0.3, -0.25) is 4.79 Å². The number of furan rings is 1. The first-order valence-electron chi connectivity index (χ1n) is 5.74. The lowest BCUT2D eigenvalue weighted by Crippen LogP contribution is -2.44. The minimum absolute atomic E-state index is 0.0331. The molecule has 0 saturated carbocycles. The van der Waals surface area contributed by atoms with Gasteiger partial charge in [0.2, 0.25) is 5.91 Å². The van der Waals surface area contributed by atoms with Crippen LogP contribution in [0.3, 0.4) is 0 Å². The second kappa shape index (κ2) is 6.36. The van der Waals surface area contributed by atoms with Crippen LogP contribution in [0.1, 0.15) is 19.6 Å². The molecule has 0 N–H and O–H groups in total. The molecule has 0 aliphatic heterocycles. The Morgan fingerprint density at radius 2 is 2.11 bits per heavy atom. The van der Waals surface area contributed by atoms with Crippen LogP contribution >= 0.6 is 11.8 Å². The number of hydrogen-bond acceptors (Lipinski definition) is 3. The summed E-state index contributed by atoms with van der Waals surface area (Å²) in [5, 5.41) is 0. The van der Waals surface area contributed by atoms with Gasteiger partial charge in [-0.2, -0.15) is 13.2 Å². The van der Waals surface area contributed by atoms with Crippen LogP contribution in [-0.2, 0) is 4.79 Å². The minimum atomic E-state index is -4.38. The fraction of sp³-hybridized carbons (Fsp3) is 0.583. The molecular formula is C12H16F3NO2S. The Labute approximate surface area is 114 Å². The van der Waals surface area contributed by atoms with Gasteiger partial charge in [-0.1, -0.05) is 0 Å². The van der Waals surface area contributed by atoms with Crippen LogP contribution in [0.25, 0.3) is 0 Å². The van der Waals surface area contributed by atoms with Crippen LogP contribution in [0, 0.1) is 6.92 Å². The fourth-order valence-corrected chi connectivity index (χ4v) is 2.35. The Balaban J connectivity index is 2.60. The van der Waals surface area contributed by atoms with E-state index in [4.69, 9.17) is 4.42 Å². The molecule has 19 heavy (non-hydrogen) atoms. The molecule has 108 valence electrons. The number of carbonyl (C=O) groups is 1. The van der Waals surface area contributed by atoms with Gasteiger partial charge in [0.15, 0.2) is 0 Å². The molecule has 0 aliphatic carbocycles. The summed E-state index contributed by atoms with van der Waals surface area (Å²) < 4.78 is 42.2. The van der Waals surface area contributed by atoms with Gasteiger partial charge in [0.1, 0.15) is 12.3 Å². The highest BCUT2D eigenvalue weighted by Gasteiger charge is 2.34. The zero-order valence-corrected chi connectivity index (χ0v) is 11.8. The average molecular weight is 295 g/mol. The van der Waals surface area contributed by atoms with Gasteiger partial charge < -0.3 is 9.32 Å². The topological polar surface area (TPSA) is 33.5 Å². The maximum absolute atomic E-state index is 12.4. The van der Waals surface area contributed by atoms with Crippen LogP contribution in [0.4, 0.5) is 13.2 Å². The number of hydrogen-bond donors (Lipinski definition) is 0. The number of thioether (sulfide) groups is 1. The lowest BCUT2D eigenvalue weighted by molar-refractivity contribution is -0.162. The first-order chi connectivity index (χ1) is 8.70. The van der Waals surface area contributed by atoms with Crippen molar-refractivity contribution in [3.05, 3.63) is 18.1 Å². The van der Waals surface area contributed by atoms with Crippen molar-refractivity contribution in [1.82, 2.24) is 4.90 Å². The van der Waals surface area contributed by atoms with E-state index in [0.717, 1.165) is 9.80 Å². The number of carbonyl (C=O) groups excluding carboxylic acids is 1. The highest BCUT2D eigenvalue weighted by atomic mass is 32.2. The molecule has 1 aromatic rings. The maximum Gasteiger partial charge on any atom is 0.406 e. The molecule has 0 radical (unpaired) electrons. The molecule has 0 spiro atoms. The smallest absolute Gasteiger partial charge is 0.406 e. The summed E-state index contributed by atoms with van der Waals surface area (Å²) in [5.74, 6) is 0.0943. The molecular weight excluding hydrogens is 279 g/mol. The van der Waals surface area contributed by atoms with Crippen molar-refractivity contribution >= 4 is 17.7 Å². The normalized spacial score (nSPS) is 11.9. The number of rotatable bonds is 5. The molecule has 3 nitrogen and oxygen atoms in total. The van der Waals surface area contributed by atoms with Gasteiger partial charge in [-0.15, -0.1) is 11.8 Å². The molecule has 1 rings (SSSR count). The number of alkyl halides is 3. The van der Waals surface area contributed by atoms with Crippen molar-refractivity contribution in [3.63, 3.8) is 0 Å². The summed E-state index contributed by atoms with van der Waals surface area (Å²) in [6.07, 6.45) is -2.89. The summed E-state index contributed by atoms with van der Waals surface area (Å²) in [5.41, 5.74) is 0. The van der Waals surface area contributed by atoms with E-state index in [2.05, 4.69) is 0 Å². The second-order valence-corrected chi connectivity index (χ2v) is 5.38. The molecule has 1 amide bonds. The molecule has 1 heterocycles. The quantitative estimate of drug-likeness (QED) is 0.780. The molecule has 0 aliphatic rings. The van der Waals surface area contributed by atoms with Gasteiger partial charge in [-0.25, -0.2) is 0 Å². The average Bonchev–Trinajstić information content (AvgIpc) is 2.67. The van der Waals surface area contributed by atoms with Crippen LogP contribution < -0.4 is 0 Å². The van der Waals surface area contributed by atoms with Gasteiger partial charge in [0.05, 0.1) is 12.0 Å². The molecule has 0 fully saturated rings. The third-order valence-corrected chi connectivity index (χ3v) is 3.58. The van der Waals surface area contributed by atoms with Gasteiger partial charge in [-0.05, 0) is 26.8 Å². The van der Waals surface area contributed by atoms with Crippen molar-refractivity contribution in [3.8, 4) is 0 Å². The Kier molecular flexibility index (Phi) is 5.34. The number of nitrogens with zero attached hydrogens (tertiary/aromatic N) is 1. The SMILES string of the molecule is Cc1occc1SCC(=O)N(CC(F)(F)F)C(C)C. The summed E-state index contributed by atoms with van der Waals surface area (Å²) in [4.78, 5) is 13.4. The largest absolute Gasteiger partial charge is 0.468 e. The first-order valence-corrected chi connectivity index (χ1v) is 6.72. The summed E-state index contributed by atoms with van der Waals surface area (Å²) in [6, 6.07) is 1.21. The summed E-state index contributed by atoms with van der Waals surface area (Å²) >= 11 is 1.18. The van der Waals surface area contributed by atoms with E-state index in [1.165, 1.54) is 18.0 Å². The monoisotopic (exact) mass is 295 g/mol. The first kappa shape index (κ1) is 15.9. The Hall–Kier alpha value is -1.11. The minimum Gasteiger partial charge on any atom is -0.468 e. The van der Waals surface area contributed by atoms with E-state index in [1.54, 1.807) is 26.8 Å². The number of halogens is 3. The molecule has 1 aromatic heterocycles. The molecule has 0 unspecified atom stereocenters. The van der Waals surface area contributed by atoms with Crippen molar-refractivity contribution in [2.45, 2.75) is 37.9 Å². The van der Waals surface area contributed by atoms with Crippen LogP contribution in [0.2, 0.25) is 0 Å². The summed E-state index contributed by atoms with van der Waals surface area (Å²) in [6.45, 7) is 3.66. The van der Waals surface area contributed by atoms with Crippen molar-refractivity contribution < 1.29 is 22.4 Å². The Morgan fingerprint density at radius 3 is 2.53 bits per heavy atom. The van der Waals surface area contributed by atoms with E-state index in [1.807, 2.05) is 0 Å². The number of aryl methyl sites for hydroxylation is 1. The lowest BCUT2D eigenvalue weighted by Gasteiger charge is -2.27. The van der Waals surface area contributed by atoms with E-state index < -0.39 is 24.7 Å². The molecule has 0 atom stereocenters. The highest BCUT2D eigenvalue weighted by Crippen LogP contribution is 2.24. The Bertz CT molecular complexity index is 429.